The minimum Gasteiger partial charge on any atom is -0.387 e. The molecule has 0 heterocycles. The van der Waals surface area contributed by atoms with E-state index in [1.807, 2.05) is 0 Å². The summed E-state index contributed by atoms with van der Waals surface area (Å²) < 4.78 is 37.1. The number of nitrogens with one attached hydrogen (secondary N) is 2. The fourth-order valence-corrected chi connectivity index (χ4v) is 2.14. The molecule has 0 saturated heterocycles. The van der Waals surface area contributed by atoms with E-state index in [2.05, 4.69) is 11.9 Å². The molecule has 0 spiro atoms. The van der Waals surface area contributed by atoms with E-state index >= 15 is 0 Å². The topological polar surface area (TPSA) is 56.1 Å². The van der Waals surface area contributed by atoms with Gasteiger partial charge in [-0.3, -0.25) is 0 Å². The highest BCUT2D eigenvalue weighted by molar-refractivity contribution is 8.19. The van der Waals surface area contributed by atoms with Crippen LogP contribution < -0.4 is 5.32 Å². The molecular weight excluding hydrogens is 301 g/mol. The maximum atomic E-state index is 12.8. The molecule has 3 N–H and O–H groups in total. The Bertz CT molecular complexity index is 468. The monoisotopic (exact) mass is 318 g/mol. The lowest BCUT2D eigenvalue weighted by molar-refractivity contribution is 0.0892. The average molecular weight is 318 g/mol. The summed E-state index contributed by atoms with van der Waals surface area (Å²) in [4.78, 5) is 0.670. The van der Waals surface area contributed by atoms with Crippen molar-refractivity contribution in [2.75, 3.05) is 13.2 Å². The van der Waals surface area contributed by atoms with Crippen molar-refractivity contribution in [2.45, 2.75) is 18.6 Å². The summed E-state index contributed by atoms with van der Waals surface area (Å²) in [5.41, 5.74) is 2.35. The van der Waals surface area contributed by atoms with Crippen molar-refractivity contribution in [3.63, 3.8) is 0 Å². The molecule has 21 heavy (non-hydrogen) atoms. The fraction of sp³-hybridized carbons (Fsp3) is 0.357. The number of hydrogen-bond acceptors (Lipinski definition) is 4. The number of hydrogen-bond donors (Lipinski definition) is 3. The van der Waals surface area contributed by atoms with E-state index in [9.17, 15) is 18.3 Å². The first kappa shape index (κ1) is 17.7. The molecule has 0 aliphatic rings. The molecular formula is C14H17F3N2OS. The van der Waals surface area contributed by atoms with Crippen LogP contribution in [0.15, 0.2) is 30.8 Å². The van der Waals surface area contributed by atoms with Gasteiger partial charge in [0, 0.05) is 4.91 Å². The standard InChI is InChI=1S/C14H17F3N2OS/c1-9(21-8-18)10-2-4-11(5-3-10)14(20)12(6-15)19-7-13(16)17/h2-5,8,12-14,18-20H,1,6-7H2. The number of alkyl halides is 3. The molecule has 0 amide bonds. The minimum absolute atomic E-state index is 0.427. The lowest BCUT2D eigenvalue weighted by atomic mass is 10.0. The van der Waals surface area contributed by atoms with Gasteiger partial charge in [0.1, 0.15) is 6.67 Å². The first-order chi connectivity index (χ1) is 9.99. The smallest absolute Gasteiger partial charge is 0.250 e. The van der Waals surface area contributed by atoms with Gasteiger partial charge in [-0.05, 0) is 11.1 Å². The molecule has 116 valence electrons. The van der Waals surface area contributed by atoms with Crippen LogP contribution in [0.2, 0.25) is 0 Å². The van der Waals surface area contributed by atoms with Crippen molar-refractivity contribution in [3.05, 3.63) is 42.0 Å². The molecule has 2 atom stereocenters. The van der Waals surface area contributed by atoms with Crippen LogP contribution in [-0.4, -0.2) is 36.3 Å². The first-order valence-electron chi connectivity index (χ1n) is 6.20. The van der Waals surface area contributed by atoms with Gasteiger partial charge in [0.2, 0.25) is 0 Å². The van der Waals surface area contributed by atoms with Crippen molar-refractivity contribution in [1.82, 2.24) is 5.32 Å². The Hall–Kier alpha value is -1.31. The number of aliphatic hydroxyl groups excluding tert-OH is 1. The number of halogens is 3. The predicted octanol–water partition coefficient (Wildman–Crippen LogP) is 3.22. The SMILES string of the molecule is C=C(SC=N)c1ccc(C(O)C(CF)NCC(F)F)cc1. The van der Waals surface area contributed by atoms with Gasteiger partial charge in [0.05, 0.1) is 24.2 Å². The van der Waals surface area contributed by atoms with Crippen LogP contribution in [0.5, 0.6) is 0 Å². The van der Waals surface area contributed by atoms with Crippen molar-refractivity contribution in [2.24, 2.45) is 0 Å². The Kier molecular flexibility index (Phi) is 7.49. The first-order valence-corrected chi connectivity index (χ1v) is 7.08. The van der Waals surface area contributed by atoms with Gasteiger partial charge in [-0.15, -0.1) is 0 Å². The summed E-state index contributed by atoms with van der Waals surface area (Å²) in [5.74, 6) is 0. The average Bonchev–Trinajstić information content (AvgIpc) is 2.47. The Morgan fingerprint density at radius 3 is 2.48 bits per heavy atom. The summed E-state index contributed by atoms with van der Waals surface area (Å²) in [5, 5.41) is 19.3. The molecule has 0 saturated carbocycles. The van der Waals surface area contributed by atoms with E-state index in [1.165, 1.54) is 0 Å². The summed E-state index contributed by atoms with van der Waals surface area (Å²) in [7, 11) is 0. The van der Waals surface area contributed by atoms with Crippen molar-refractivity contribution >= 4 is 22.2 Å². The van der Waals surface area contributed by atoms with Gasteiger partial charge in [-0.1, -0.05) is 42.6 Å². The fourth-order valence-electron chi connectivity index (χ4n) is 1.73. The van der Waals surface area contributed by atoms with Gasteiger partial charge in [-0.2, -0.15) is 0 Å². The quantitative estimate of drug-likeness (QED) is 0.484. The Morgan fingerprint density at radius 1 is 1.38 bits per heavy atom. The number of thioether (sulfide) groups is 1. The lowest BCUT2D eigenvalue weighted by Crippen LogP contribution is -2.39. The zero-order chi connectivity index (χ0) is 15.8. The van der Waals surface area contributed by atoms with Gasteiger partial charge < -0.3 is 15.8 Å². The highest BCUT2D eigenvalue weighted by Crippen LogP contribution is 2.25. The molecule has 0 aromatic heterocycles. The Balaban J connectivity index is 2.74. The van der Waals surface area contributed by atoms with Crippen molar-refractivity contribution in [1.29, 1.82) is 5.41 Å². The van der Waals surface area contributed by atoms with Crippen LogP contribution in [0.3, 0.4) is 0 Å². The predicted molar refractivity (Wildman–Crippen MR) is 80.6 cm³/mol. The van der Waals surface area contributed by atoms with E-state index in [-0.39, 0.29) is 0 Å². The third-order valence-corrected chi connectivity index (χ3v) is 3.50. The van der Waals surface area contributed by atoms with Gasteiger partial charge in [0.15, 0.2) is 0 Å². The zero-order valence-electron chi connectivity index (χ0n) is 11.2. The molecule has 0 radical (unpaired) electrons. The number of rotatable bonds is 9. The number of aliphatic hydroxyl groups is 1. The van der Waals surface area contributed by atoms with Crippen LogP contribution in [-0.2, 0) is 0 Å². The van der Waals surface area contributed by atoms with Crippen LogP contribution in [0.4, 0.5) is 13.2 Å². The second-order valence-corrected chi connectivity index (χ2v) is 5.25. The second-order valence-electron chi connectivity index (χ2n) is 4.29. The molecule has 0 fully saturated rings. The van der Waals surface area contributed by atoms with Gasteiger partial charge >= 0.3 is 0 Å². The van der Waals surface area contributed by atoms with E-state index in [1.54, 1.807) is 24.3 Å². The highest BCUT2D eigenvalue weighted by Gasteiger charge is 2.21. The molecule has 0 bridgehead atoms. The van der Waals surface area contributed by atoms with Gasteiger partial charge in [0.25, 0.3) is 6.43 Å². The van der Waals surface area contributed by atoms with E-state index in [0.29, 0.717) is 10.5 Å². The minimum atomic E-state index is -2.60. The van der Waals surface area contributed by atoms with Crippen molar-refractivity contribution < 1.29 is 18.3 Å². The Morgan fingerprint density at radius 2 is 2.00 bits per heavy atom. The third kappa shape index (κ3) is 5.53. The maximum Gasteiger partial charge on any atom is 0.250 e. The molecule has 2 unspecified atom stereocenters. The van der Waals surface area contributed by atoms with E-state index < -0.39 is 31.8 Å². The molecule has 1 rings (SSSR count). The Labute approximate surface area is 125 Å². The highest BCUT2D eigenvalue weighted by atomic mass is 32.2. The molecule has 1 aromatic rings. The van der Waals surface area contributed by atoms with E-state index in [4.69, 9.17) is 5.41 Å². The molecule has 1 aromatic carbocycles. The molecule has 0 aliphatic carbocycles. The summed E-state index contributed by atoms with van der Waals surface area (Å²) in [6.07, 6.45) is -3.82. The largest absolute Gasteiger partial charge is 0.387 e. The van der Waals surface area contributed by atoms with Crippen LogP contribution in [0, 0.1) is 5.41 Å². The van der Waals surface area contributed by atoms with Crippen LogP contribution in [0.25, 0.3) is 4.91 Å². The normalized spacial score (nSPS) is 14.0. The van der Waals surface area contributed by atoms with Crippen molar-refractivity contribution in [3.8, 4) is 0 Å². The van der Waals surface area contributed by atoms with E-state index in [0.717, 1.165) is 22.9 Å². The summed E-state index contributed by atoms with van der Waals surface area (Å²) in [6, 6.07) is 5.45. The van der Waals surface area contributed by atoms with Crippen LogP contribution in [0.1, 0.15) is 17.2 Å². The molecule has 7 heteroatoms. The zero-order valence-corrected chi connectivity index (χ0v) is 12.0. The maximum absolute atomic E-state index is 12.8. The molecule has 0 aliphatic heterocycles. The van der Waals surface area contributed by atoms with Gasteiger partial charge in [-0.25, -0.2) is 13.2 Å². The summed E-state index contributed by atoms with van der Waals surface area (Å²) >= 11 is 1.15. The number of benzene rings is 1. The van der Waals surface area contributed by atoms with Crippen LogP contribution >= 0.6 is 11.8 Å². The second kappa shape index (κ2) is 8.86. The molecule has 3 nitrogen and oxygen atoms in total. The lowest BCUT2D eigenvalue weighted by Gasteiger charge is -2.22. The third-order valence-electron chi connectivity index (χ3n) is 2.86. The summed E-state index contributed by atoms with van der Waals surface area (Å²) in [6.45, 7) is 2.16.